The van der Waals surface area contributed by atoms with Gasteiger partial charge in [-0.05, 0) is 66.7 Å². The molecule has 0 aliphatic carbocycles. The van der Waals surface area contributed by atoms with E-state index >= 15 is 0 Å². The lowest BCUT2D eigenvalue weighted by Crippen LogP contribution is -2.31. The molecular weight excluding hydrogens is 432 g/mol. The van der Waals surface area contributed by atoms with Crippen LogP contribution in [0.2, 0.25) is 5.02 Å². The maximum absolute atomic E-state index is 12.1. The smallest absolute Gasteiger partial charge is 0.267 e. The predicted octanol–water partition coefficient (Wildman–Crippen LogP) is 6.04. The second kappa shape index (κ2) is 9.28. The van der Waals surface area contributed by atoms with Gasteiger partial charge in [-0.25, -0.2) is 5.01 Å². The van der Waals surface area contributed by atoms with Gasteiger partial charge < -0.3 is 10.3 Å². The summed E-state index contributed by atoms with van der Waals surface area (Å²) in [5.74, 6) is 0.0765. The van der Waals surface area contributed by atoms with Crippen LogP contribution < -0.4 is 5.73 Å². The molecule has 2 N–H and O–H groups in total. The maximum atomic E-state index is 12.1. The number of hydrogen-bond acceptors (Lipinski definition) is 3. The largest absolute Gasteiger partial charge is 0.364 e. The van der Waals surface area contributed by atoms with Gasteiger partial charge in [-0.1, -0.05) is 56.3 Å². The molecule has 2 aromatic rings. The van der Waals surface area contributed by atoms with Crippen molar-refractivity contribution in [2.24, 2.45) is 16.8 Å². The van der Waals surface area contributed by atoms with E-state index in [0.717, 1.165) is 52.3 Å². The van der Waals surface area contributed by atoms with Crippen LogP contribution >= 0.6 is 11.6 Å². The summed E-state index contributed by atoms with van der Waals surface area (Å²) in [4.78, 5) is 12.1. The van der Waals surface area contributed by atoms with E-state index in [1.54, 1.807) is 11.1 Å². The molecule has 2 aliphatic rings. The highest BCUT2D eigenvalue weighted by Gasteiger charge is 2.26. The third-order valence-electron chi connectivity index (χ3n) is 5.95. The lowest BCUT2D eigenvalue weighted by atomic mass is 9.98. The van der Waals surface area contributed by atoms with Gasteiger partial charge in [-0.3, -0.25) is 4.79 Å². The highest BCUT2D eigenvalue weighted by atomic mass is 35.5. The van der Waals surface area contributed by atoms with Crippen LogP contribution in [0, 0.1) is 12.8 Å². The highest BCUT2D eigenvalue weighted by Crippen LogP contribution is 2.35. The molecule has 0 radical (unpaired) electrons. The normalized spacial score (nSPS) is 15.2. The third kappa shape index (κ3) is 4.46. The van der Waals surface area contributed by atoms with Crippen LogP contribution in [0.3, 0.4) is 0 Å². The van der Waals surface area contributed by atoms with Crippen molar-refractivity contribution in [3.8, 4) is 11.1 Å². The molecule has 0 bridgehead atoms. The van der Waals surface area contributed by atoms with Gasteiger partial charge >= 0.3 is 0 Å². The Morgan fingerprint density at radius 1 is 1.30 bits per heavy atom. The van der Waals surface area contributed by atoms with Crippen molar-refractivity contribution in [1.82, 2.24) is 9.58 Å². The summed E-state index contributed by atoms with van der Waals surface area (Å²) in [6, 6.07) is 6.03. The SMILES string of the molecule is C=Cc1ccc(-c2c(C)cn(CCC(C)C)c2C2=NN3C(=CCC=C3C(N)=O)C=C2)cc1Cl. The summed E-state index contributed by atoms with van der Waals surface area (Å²) in [5.41, 5.74) is 12.8. The van der Waals surface area contributed by atoms with Crippen molar-refractivity contribution in [3.05, 3.63) is 88.5 Å². The average molecular weight is 461 g/mol. The molecule has 4 rings (SSSR count). The Hall–Kier alpha value is -3.31. The van der Waals surface area contributed by atoms with Crippen molar-refractivity contribution in [3.63, 3.8) is 0 Å². The van der Waals surface area contributed by atoms with Crippen molar-refractivity contribution >= 4 is 29.3 Å². The first-order chi connectivity index (χ1) is 15.8. The van der Waals surface area contributed by atoms with Crippen LogP contribution in [0.4, 0.5) is 0 Å². The Labute approximate surface area is 200 Å². The number of nitrogens with zero attached hydrogens (tertiary/aromatic N) is 3. The van der Waals surface area contributed by atoms with Gasteiger partial charge in [0.1, 0.15) is 11.4 Å². The first-order valence-corrected chi connectivity index (χ1v) is 11.6. The molecule has 6 heteroatoms. The van der Waals surface area contributed by atoms with Crippen molar-refractivity contribution < 1.29 is 4.79 Å². The highest BCUT2D eigenvalue weighted by molar-refractivity contribution is 6.32. The fourth-order valence-corrected chi connectivity index (χ4v) is 4.50. The van der Waals surface area contributed by atoms with Gasteiger partial charge in [-0.15, -0.1) is 0 Å². The van der Waals surface area contributed by atoms with Gasteiger partial charge in [0.25, 0.3) is 5.91 Å². The number of carbonyl (C=O) groups excluding carboxylic acids is 1. The number of aryl methyl sites for hydroxylation is 2. The summed E-state index contributed by atoms with van der Waals surface area (Å²) in [7, 11) is 0. The number of aromatic nitrogens is 1. The number of primary amides is 1. The number of hydrazone groups is 1. The van der Waals surface area contributed by atoms with E-state index < -0.39 is 5.91 Å². The topological polar surface area (TPSA) is 63.6 Å². The number of rotatable bonds is 7. The van der Waals surface area contributed by atoms with Gasteiger partial charge in [0, 0.05) is 23.3 Å². The summed E-state index contributed by atoms with van der Waals surface area (Å²) in [6.45, 7) is 11.2. The lowest BCUT2D eigenvalue weighted by Gasteiger charge is -2.28. The molecule has 0 saturated carbocycles. The average Bonchev–Trinajstić information content (AvgIpc) is 3.12. The van der Waals surface area contributed by atoms with Crippen LogP contribution in [0.5, 0.6) is 0 Å². The van der Waals surface area contributed by atoms with E-state index in [1.807, 2.05) is 36.4 Å². The van der Waals surface area contributed by atoms with Crippen LogP contribution in [-0.4, -0.2) is 21.2 Å². The first-order valence-electron chi connectivity index (χ1n) is 11.2. The van der Waals surface area contributed by atoms with E-state index in [1.165, 1.54) is 0 Å². The lowest BCUT2D eigenvalue weighted by molar-refractivity contribution is -0.115. The second-order valence-corrected chi connectivity index (χ2v) is 9.21. The molecule has 0 unspecified atom stereocenters. The zero-order valence-electron chi connectivity index (χ0n) is 19.3. The monoisotopic (exact) mass is 460 g/mol. The van der Waals surface area contributed by atoms with Crippen LogP contribution in [-0.2, 0) is 11.3 Å². The Bertz CT molecular complexity index is 1240. The van der Waals surface area contributed by atoms with Crippen LogP contribution in [0.1, 0.15) is 43.5 Å². The molecule has 2 aliphatic heterocycles. The standard InChI is InChI=1S/C27H29ClN4O/c1-5-19-9-10-20(15-22(19)28)25-18(4)16-31(14-13-17(2)3)26(25)23-12-11-21-7-6-8-24(27(29)33)32(21)30-23/h5,7-12,15-17H,1,6,13-14H2,2-4H3,(H2,29,33). The Morgan fingerprint density at radius 2 is 2.09 bits per heavy atom. The number of benzene rings is 1. The first kappa shape index (κ1) is 22.9. The summed E-state index contributed by atoms with van der Waals surface area (Å²) in [5, 5.41) is 7.18. The van der Waals surface area contributed by atoms with Gasteiger partial charge in [0.05, 0.1) is 11.4 Å². The number of halogens is 1. The Kier molecular flexibility index (Phi) is 6.43. The maximum Gasteiger partial charge on any atom is 0.267 e. The van der Waals surface area contributed by atoms with Gasteiger partial charge in [0.2, 0.25) is 0 Å². The quantitative estimate of drug-likeness (QED) is 0.547. The molecule has 33 heavy (non-hydrogen) atoms. The number of hydrogen-bond donors (Lipinski definition) is 1. The zero-order chi connectivity index (χ0) is 23.7. The fourth-order valence-electron chi connectivity index (χ4n) is 4.24. The molecule has 0 spiro atoms. The van der Waals surface area contributed by atoms with Gasteiger partial charge in [-0.2, -0.15) is 5.10 Å². The summed E-state index contributed by atoms with van der Waals surface area (Å²) < 4.78 is 2.26. The minimum atomic E-state index is -0.489. The van der Waals surface area contributed by atoms with E-state index in [-0.39, 0.29) is 0 Å². The Morgan fingerprint density at radius 3 is 2.76 bits per heavy atom. The predicted molar refractivity (Wildman–Crippen MR) is 137 cm³/mol. The summed E-state index contributed by atoms with van der Waals surface area (Å²) in [6.07, 6.45) is 13.5. The molecule has 0 saturated heterocycles. The molecule has 5 nitrogen and oxygen atoms in total. The van der Waals surface area contributed by atoms with E-state index in [0.29, 0.717) is 23.1 Å². The molecule has 1 aromatic carbocycles. The number of amides is 1. The second-order valence-electron chi connectivity index (χ2n) is 8.80. The van der Waals surface area contributed by atoms with Crippen molar-refractivity contribution in [2.45, 2.75) is 40.2 Å². The minimum Gasteiger partial charge on any atom is -0.364 e. The fraction of sp³-hybridized carbons (Fsp3) is 0.259. The molecule has 1 aromatic heterocycles. The molecule has 170 valence electrons. The number of carbonyl (C=O) groups is 1. The van der Waals surface area contributed by atoms with E-state index in [9.17, 15) is 4.79 Å². The van der Waals surface area contributed by atoms with Crippen molar-refractivity contribution in [1.29, 1.82) is 0 Å². The number of allylic oxidation sites excluding steroid dienone is 4. The van der Waals surface area contributed by atoms with Crippen LogP contribution in [0.25, 0.3) is 17.2 Å². The molecule has 0 fully saturated rings. The third-order valence-corrected chi connectivity index (χ3v) is 6.28. The van der Waals surface area contributed by atoms with E-state index in [2.05, 4.69) is 44.2 Å². The van der Waals surface area contributed by atoms with E-state index in [4.69, 9.17) is 22.4 Å². The van der Waals surface area contributed by atoms with Gasteiger partial charge in [0.15, 0.2) is 0 Å². The minimum absolute atomic E-state index is 0.395. The Balaban J connectivity index is 1.88. The summed E-state index contributed by atoms with van der Waals surface area (Å²) >= 11 is 6.53. The van der Waals surface area contributed by atoms with Crippen molar-refractivity contribution in [2.75, 3.05) is 0 Å². The molecule has 1 amide bonds. The molecular formula is C27H29ClN4O. The number of fused-ring (bicyclic) bond motifs is 1. The van der Waals surface area contributed by atoms with Crippen LogP contribution in [0.15, 0.2) is 71.8 Å². The molecule has 3 heterocycles. The zero-order valence-corrected chi connectivity index (χ0v) is 20.1. The molecule has 0 atom stereocenters. The number of nitrogens with two attached hydrogens (primary N) is 1.